The van der Waals surface area contributed by atoms with Crippen molar-refractivity contribution < 1.29 is 17.5 Å². The van der Waals surface area contributed by atoms with Crippen LogP contribution in [0.25, 0.3) is 11.1 Å². The second-order valence-corrected chi connectivity index (χ2v) is 10.6. The Morgan fingerprint density at radius 2 is 1.81 bits per heavy atom. The fourth-order valence-corrected chi connectivity index (χ4v) is 5.86. The maximum Gasteiger partial charge on any atom is 0.238 e. The van der Waals surface area contributed by atoms with Gasteiger partial charge in [0.25, 0.3) is 0 Å². The molecule has 8 heteroatoms. The zero-order valence-electron chi connectivity index (χ0n) is 18.7. The summed E-state index contributed by atoms with van der Waals surface area (Å²) in [6.07, 6.45) is 3.59. The molecule has 2 aromatic carbocycles. The van der Waals surface area contributed by atoms with E-state index >= 15 is 4.39 Å². The van der Waals surface area contributed by atoms with Crippen molar-refractivity contribution in [3.8, 4) is 11.1 Å². The molecule has 2 heterocycles. The molecule has 3 atom stereocenters. The van der Waals surface area contributed by atoms with Crippen molar-refractivity contribution in [2.45, 2.75) is 56.3 Å². The van der Waals surface area contributed by atoms with Gasteiger partial charge in [0.2, 0.25) is 10.0 Å². The van der Waals surface area contributed by atoms with E-state index in [0.29, 0.717) is 16.8 Å². The van der Waals surface area contributed by atoms with Crippen molar-refractivity contribution in [2.24, 2.45) is 5.14 Å². The third-order valence-electron chi connectivity index (χ3n) is 6.35. The Labute approximate surface area is 190 Å². The van der Waals surface area contributed by atoms with E-state index in [-0.39, 0.29) is 29.0 Å². The average molecular weight is 462 g/mol. The molecule has 32 heavy (non-hydrogen) atoms. The molecule has 2 aliphatic heterocycles. The summed E-state index contributed by atoms with van der Waals surface area (Å²) in [4.78, 5) is 4.61. The van der Waals surface area contributed by atoms with E-state index < -0.39 is 10.0 Å². The van der Waals surface area contributed by atoms with E-state index in [4.69, 9.17) is 9.88 Å². The molecule has 0 aromatic heterocycles. The van der Waals surface area contributed by atoms with Crippen molar-refractivity contribution in [1.29, 1.82) is 0 Å². The fraction of sp³-hybridized carbons (Fsp3) is 0.500. The number of nitrogens with two attached hydrogens (primary N) is 1. The number of piperidine rings is 1. The third-order valence-corrected chi connectivity index (χ3v) is 7.32. The van der Waals surface area contributed by atoms with Gasteiger partial charge in [0, 0.05) is 37.8 Å². The van der Waals surface area contributed by atoms with Crippen LogP contribution in [0.4, 0.5) is 10.1 Å². The first-order valence-electron chi connectivity index (χ1n) is 11.3. The SMILES string of the molecule is C[C@@H]1CN(CC2CCCCN2c2ccc(-c3ccccc3S(N)(=O)=O)cc2F)C[C@H](C)O1. The molecular formula is C24H32FN3O3S. The van der Waals surface area contributed by atoms with Crippen LogP contribution in [0.5, 0.6) is 0 Å². The minimum absolute atomic E-state index is 0.00134. The Balaban J connectivity index is 1.59. The number of ether oxygens (including phenoxy) is 1. The molecule has 4 rings (SSSR count). The molecule has 2 aliphatic rings. The minimum atomic E-state index is -3.91. The Hall–Kier alpha value is -2.00. The number of nitrogens with zero attached hydrogens (tertiary/aromatic N) is 2. The number of morpholine rings is 1. The van der Waals surface area contributed by atoms with E-state index in [9.17, 15) is 8.42 Å². The van der Waals surface area contributed by atoms with Crippen LogP contribution in [0.1, 0.15) is 33.1 Å². The molecule has 2 saturated heterocycles. The van der Waals surface area contributed by atoms with E-state index in [2.05, 4.69) is 23.6 Å². The molecule has 0 bridgehead atoms. The third kappa shape index (κ3) is 5.14. The number of hydrogen-bond donors (Lipinski definition) is 1. The van der Waals surface area contributed by atoms with Gasteiger partial charge in [0.15, 0.2) is 0 Å². The maximum atomic E-state index is 15.4. The van der Waals surface area contributed by atoms with E-state index in [1.54, 1.807) is 30.3 Å². The van der Waals surface area contributed by atoms with Crippen LogP contribution in [-0.2, 0) is 14.8 Å². The van der Waals surface area contributed by atoms with Crippen molar-refractivity contribution in [3.05, 3.63) is 48.3 Å². The molecule has 0 aliphatic carbocycles. The normalized spacial score (nSPS) is 25.1. The molecule has 6 nitrogen and oxygen atoms in total. The van der Waals surface area contributed by atoms with Crippen molar-refractivity contribution in [2.75, 3.05) is 31.1 Å². The van der Waals surface area contributed by atoms with Crippen LogP contribution in [0.2, 0.25) is 0 Å². The lowest BCUT2D eigenvalue weighted by Gasteiger charge is -2.43. The quantitative estimate of drug-likeness (QED) is 0.736. The van der Waals surface area contributed by atoms with Crippen LogP contribution < -0.4 is 10.0 Å². The van der Waals surface area contributed by atoms with Crippen LogP contribution in [0.15, 0.2) is 47.4 Å². The highest BCUT2D eigenvalue weighted by Crippen LogP contribution is 2.33. The Morgan fingerprint density at radius 3 is 2.50 bits per heavy atom. The van der Waals surface area contributed by atoms with Gasteiger partial charge < -0.3 is 9.64 Å². The summed E-state index contributed by atoms with van der Waals surface area (Å²) in [5, 5.41) is 5.36. The highest BCUT2D eigenvalue weighted by Gasteiger charge is 2.30. The lowest BCUT2D eigenvalue weighted by Crippen LogP contribution is -2.52. The predicted molar refractivity (Wildman–Crippen MR) is 125 cm³/mol. The Bertz CT molecular complexity index is 1050. The zero-order valence-corrected chi connectivity index (χ0v) is 19.5. The number of benzene rings is 2. The van der Waals surface area contributed by atoms with Gasteiger partial charge in [0.1, 0.15) is 5.82 Å². The van der Waals surface area contributed by atoms with Crippen molar-refractivity contribution >= 4 is 15.7 Å². The molecular weight excluding hydrogens is 429 g/mol. The summed E-state index contributed by atoms with van der Waals surface area (Å²) in [7, 11) is -3.91. The van der Waals surface area contributed by atoms with Gasteiger partial charge in [-0.05, 0) is 56.9 Å². The maximum absolute atomic E-state index is 15.4. The van der Waals surface area contributed by atoms with Gasteiger partial charge in [-0.1, -0.05) is 24.3 Å². The second kappa shape index (κ2) is 9.47. The molecule has 2 fully saturated rings. The standard InChI is InChI=1S/C24H32FN3O3S/c1-17-14-27(15-18(2)31-17)16-20-7-5-6-12-28(20)23-11-10-19(13-22(23)25)21-8-3-4-9-24(21)32(26,29)30/h3-4,8-11,13,17-18,20H,5-7,12,14-16H2,1-2H3,(H2,26,29,30)/t17-,18+,20?. The number of hydrogen-bond acceptors (Lipinski definition) is 5. The minimum Gasteiger partial charge on any atom is -0.373 e. The molecule has 0 spiro atoms. The summed E-state index contributed by atoms with van der Waals surface area (Å²) >= 11 is 0. The van der Waals surface area contributed by atoms with E-state index in [1.807, 2.05) is 0 Å². The van der Waals surface area contributed by atoms with Crippen LogP contribution >= 0.6 is 0 Å². The van der Waals surface area contributed by atoms with Gasteiger partial charge in [-0.3, -0.25) is 4.90 Å². The summed E-state index contributed by atoms with van der Waals surface area (Å²) in [6.45, 7) is 7.66. The first-order chi connectivity index (χ1) is 15.2. The number of primary sulfonamides is 1. The predicted octanol–water partition coefficient (Wildman–Crippen LogP) is 3.61. The molecule has 0 saturated carbocycles. The Kier molecular flexibility index (Phi) is 6.86. The number of rotatable bonds is 5. The van der Waals surface area contributed by atoms with Gasteiger partial charge >= 0.3 is 0 Å². The second-order valence-electron chi connectivity index (χ2n) is 9.03. The largest absolute Gasteiger partial charge is 0.373 e. The summed E-state index contributed by atoms with van der Waals surface area (Å²) in [5.74, 6) is -0.345. The number of halogens is 1. The molecule has 2 N–H and O–H groups in total. The van der Waals surface area contributed by atoms with Crippen LogP contribution in [0.3, 0.4) is 0 Å². The van der Waals surface area contributed by atoms with E-state index in [1.165, 1.54) is 12.1 Å². The smallest absolute Gasteiger partial charge is 0.238 e. The highest BCUT2D eigenvalue weighted by molar-refractivity contribution is 7.89. The molecule has 2 aromatic rings. The summed E-state index contributed by atoms with van der Waals surface area (Å²) < 4.78 is 45.2. The average Bonchev–Trinajstić information content (AvgIpc) is 2.73. The first kappa shape index (κ1) is 23.2. The van der Waals surface area contributed by atoms with Crippen molar-refractivity contribution in [1.82, 2.24) is 4.90 Å². The molecule has 1 unspecified atom stereocenters. The summed E-state index contributed by atoms with van der Waals surface area (Å²) in [6, 6.07) is 11.6. The molecule has 0 radical (unpaired) electrons. The molecule has 174 valence electrons. The summed E-state index contributed by atoms with van der Waals surface area (Å²) in [5.41, 5.74) is 1.48. The molecule has 0 amide bonds. The van der Waals surface area contributed by atoms with Gasteiger partial charge in [0.05, 0.1) is 22.8 Å². The van der Waals surface area contributed by atoms with Gasteiger partial charge in [-0.2, -0.15) is 0 Å². The van der Waals surface area contributed by atoms with Gasteiger partial charge in [-0.15, -0.1) is 0 Å². The number of sulfonamides is 1. The van der Waals surface area contributed by atoms with Crippen LogP contribution in [-0.4, -0.2) is 57.7 Å². The fourth-order valence-electron chi connectivity index (χ4n) is 5.10. The lowest BCUT2D eigenvalue weighted by molar-refractivity contribution is -0.0696. The topological polar surface area (TPSA) is 75.9 Å². The number of anilines is 1. The zero-order chi connectivity index (χ0) is 22.9. The monoisotopic (exact) mass is 461 g/mol. The Morgan fingerprint density at radius 1 is 1.09 bits per heavy atom. The van der Waals surface area contributed by atoms with Gasteiger partial charge in [-0.25, -0.2) is 17.9 Å². The lowest BCUT2D eigenvalue weighted by atomic mass is 9.98. The van der Waals surface area contributed by atoms with E-state index in [0.717, 1.165) is 45.4 Å². The first-order valence-corrected chi connectivity index (χ1v) is 12.8. The highest BCUT2D eigenvalue weighted by atomic mass is 32.2. The van der Waals surface area contributed by atoms with Crippen LogP contribution in [0, 0.1) is 5.82 Å². The van der Waals surface area contributed by atoms with Crippen molar-refractivity contribution in [3.63, 3.8) is 0 Å².